The molecule has 2 aromatic rings. The summed E-state index contributed by atoms with van der Waals surface area (Å²) >= 11 is 0. The second kappa shape index (κ2) is 8.00. The summed E-state index contributed by atoms with van der Waals surface area (Å²) in [6.07, 6.45) is 4.67. The van der Waals surface area contributed by atoms with Gasteiger partial charge in [-0.3, -0.25) is 14.2 Å². The van der Waals surface area contributed by atoms with Crippen LogP contribution < -0.4 is 5.73 Å². The molecule has 146 valence electrons. The van der Waals surface area contributed by atoms with Crippen LogP contribution in [0.4, 0.5) is 0 Å². The van der Waals surface area contributed by atoms with Crippen molar-refractivity contribution in [1.82, 2.24) is 9.47 Å². The van der Waals surface area contributed by atoms with Gasteiger partial charge in [0.2, 0.25) is 11.8 Å². The van der Waals surface area contributed by atoms with E-state index < -0.39 is 24.4 Å². The Morgan fingerprint density at radius 1 is 1.36 bits per heavy atom. The van der Waals surface area contributed by atoms with Gasteiger partial charge >= 0.3 is 5.97 Å². The Morgan fingerprint density at radius 2 is 2.07 bits per heavy atom. The number of aryl methyl sites for hydroxylation is 1. The maximum atomic E-state index is 12.5. The molecule has 0 saturated carbocycles. The number of primary amides is 1. The van der Waals surface area contributed by atoms with Crippen LogP contribution in [-0.4, -0.2) is 46.9 Å². The fourth-order valence-corrected chi connectivity index (χ4v) is 3.26. The number of nitrogens with two attached hydrogens (primary N) is 1. The number of hydrogen-bond donors (Lipinski definition) is 1. The topological polar surface area (TPSA) is 132 Å². The molecule has 0 aromatic carbocycles. The van der Waals surface area contributed by atoms with Gasteiger partial charge in [-0.1, -0.05) is 0 Å². The molecule has 9 heteroatoms. The standard InChI is InChI=1S/C19H20N4O5/c1-12-16(14(9-20)18(28-12)22-6-2-3-7-22)19(26)27-11-15(24)23-8-4-5-13(10-23)17(21)25/h2-3,6-7,13H,4-5,8,10-11H2,1H3,(H2,21,25)/t13-/m0/s1. The summed E-state index contributed by atoms with van der Waals surface area (Å²) in [5.74, 6) is -1.62. The Morgan fingerprint density at radius 3 is 2.71 bits per heavy atom. The molecule has 0 spiro atoms. The lowest BCUT2D eigenvalue weighted by molar-refractivity contribution is -0.137. The third kappa shape index (κ3) is 3.76. The summed E-state index contributed by atoms with van der Waals surface area (Å²) in [4.78, 5) is 37.6. The predicted molar refractivity (Wildman–Crippen MR) is 96.3 cm³/mol. The first-order valence-electron chi connectivity index (χ1n) is 8.83. The van der Waals surface area contributed by atoms with Crippen LogP contribution in [0, 0.1) is 24.2 Å². The largest absolute Gasteiger partial charge is 0.452 e. The van der Waals surface area contributed by atoms with Gasteiger partial charge in [0, 0.05) is 25.5 Å². The first-order valence-corrected chi connectivity index (χ1v) is 8.83. The molecule has 2 N–H and O–H groups in total. The number of aromatic nitrogens is 1. The Hall–Kier alpha value is -3.54. The minimum Gasteiger partial charge on any atom is -0.452 e. The van der Waals surface area contributed by atoms with E-state index in [1.54, 1.807) is 36.0 Å². The molecule has 9 nitrogen and oxygen atoms in total. The molecule has 1 atom stereocenters. The van der Waals surface area contributed by atoms with Gasteiger partial charge in [0.25, 0.3) is 5.91 Å². The molecule has 0 radical (unpaired) electrons. The monoisotopic (exact) mass is 384 g/mol. The molecule has 28 heavy (non-hydrogen) atoms. The van der Waals surface area contributed by atoms with Gasteiger partial charge in [0.05, 0.1) is 5.92 Å². The van der Waals surface area contributed by atoms with Crippen molar-refractivity contribution in [3.63, 3.8) is 0 Å². The lowest BCUT2D eigenvalue weighted by atomic mass is 9.97. The van der Waals surface area contributed by atoms with Crippen molar-refractivity contribution in [2.24, 2.45) is 11.7 Å². The van der Waals surface area contributed by atoms with E-state index in [1.807, 2.05) is 6.07 Å². The van der Waals surface area contributed by atoms with Crippen LogP contribution in [0.5, 0.6) is 0 Å². The molecular weight excluding hydrogens is 364 g/mol. The number of likely N-dealkylation sites (tertiary alicyclic amines) is 1. The molecule has 2 aromatic heterocycles. The second-order valence-corrected chi connectivity index (χ2v) is 6.57. The molecule has 3 heterocycles. The molecule has 2 amide bonds. The van der Waals surface area contributed by atoms with Crippen LogP contribution in [0.3, 0.4) is 0 Å². The molecule has 0 unspecified atom stereocenters. The summed E-state index contributed by atoms with van der Waals surface area (Å²) in [7, 11) is 0. The summed E-state index contributed by atoms with van der Waals surface area (Å²) in [6, 6.07) is 5.48. The second-order valence-electron chi connectivity index (χ2n) is 6.57. The number of rotatable bonds is 5. The molecule has 1 fully saturated rings. The van der Waals surface area contributed by atoms with E-state index in [2.05, 4.69) is 0 Å². The third-order valence-corrected chi connectivity index (χ3v) is 4.72. The minimum absolute atomic E-state index is 0.00680. The number of hydrogen-bond acceptors (Lipinski definition) is 6. The van der Waals surface area contributed by atoms with Crippen LogP contribution in [0.15, 0.2) is 28.9 Å². The highest BCUT2D eigenvalue weighted by Gasteiger charge is 2.29. The lowest BCUT2D eigenvalue weighted by Gasteiger charge is -2.31. The van der Waals surface area contributed by atoms with Gasteiger partial charge in [-0.25, -0.2) is 4.79 Å². The van der Waals surface area contributed by atoms with E-state index in [9.17, 15) is 19.6 Å². The highest BCUT2D eigenvalue weighted by atomic mass is 16.5. The van der Waals surface area contributed by atoms with Gasteiger partial charge < -0.3 is 19.8 Å². The third-order valence-electron chi connectivity index (χ3n) is 4.72. The molecule has 0 bridgehead atoms. The van der Waals surface area contributed by atoms with E-state index in [1.165, 1.54) is 4.90 Å². The number of nitrogens with zero attached hydrogens (tertiary/aromatic N) is 3. The van der Waals surface area contributed by atoms with Crippen molar-refractivity contribution >= 4 is 17.8 Å². The van der Waals surface area contributed by atoms with Gasteiger partial charge in [0.15, 0.2) is 6.61 Å². The van der Waals surface area contributed by atoms with Crippen LogP contribution >= 0.6 is 0 Å². The molecular formula is C19H20N4O5. The highest BCUT2D eigenvalue weighted by Crippen LogP contribution is 2.26. The number of carbonyl (C=O) groups is 3. The summed E-state index contributed by atoms with van der Waals surface area (Å²) in [5, 5.41) is 9.47. The Bertz CT molecular complexity index is 938. The molecule has 1 aliphatic rings. The maximum absolute atomic E-state index is 12.5. The van der Waals surface area contributed by atoms with Gasteiger partial charge in [-0.05, 0) is 31.9 Å². The number of nitriles is 1. The zero-order chi connectivity index (χ0) is 20.3. The number of piperidine rings is 1. The van der Waals surface area contributed by atoms with Crippen LogP contribution in [0.1, 0.15) is 34.5 Å². The number of furan rings is 1. The number of amides is 2. The van der Waals surface area contributed by atoms with Crippen LogP contribution in [0.2, 0.25) is 0 Å². The Kier molecular flexibility index (Phi) is 5.49. The SMILES string of the molecule is Cc1oc(-n2cccc2)c(C#N)c1C(=O)OCC(=O)N1CCC[C@H](C(N)=O)C1. The summed E-state index contributed by atoms with van der Waals surface area (Å²) in [5.41, 5.74) is 5.35. The molecule has 3 rings (SSSR count). The smallest absolute Gasteiger partial charge is 0.343 e. The van der Waals surface area contributed by atoms with Gasteiger partial charge in [-0.15, -0.1) is 0 Å². The van der Waals surface area contributed by atoms with Crippen molar-refractivity contribution in [1.29, 1.82) is 5.26 Å². The normalized spacial score (nSPS) is 16.4. The van der Waals surface area contributed by atoms with E-state index >= 15 is 0 Å². The van der Waals surface area contributed by atoms with Crippen molar-refractivity contribution in [3.8, 4) is 12.0 Å². The predicted octanol–water partition coefficient (Wildman–Crippen LogP) is 1.13. The average Bonchev–Trinajstić information content (AvgIpc) is 3.33. The van der Waals surface area contributed by atoms with E-state index in [0.717, 1.165) is 0 Å². The first kappa shape index (κ1) is 19.2. The highest BCUT2D eigenvalue weighted by molar-refractivity contribution is 5.95. The summed E-state index contributed by atoms with van der Waals surface area (Å²) in [6.45, 7) is 1.76. The number of esters is 1. The lowest BCUT2D eigenvalue weighted by Crippen LogP contribution is -2.45. The quantitative estimate of drug-likeness (QED) is 0.769. The molecule has 1 aliphatic heterocycles. The van der Waals surface area contributed by atoms with E-state index in [-0.39, 0.29) is 35.2 Å². The van der Waals surface area contributed by atoms with Crippen molar-refractivity contribution in [3.05, 3.63) is 41.4 Å². The van der Waals surface area contributed by atoms with Crippen molar-refractivity contribution in [2.75, 3.05) is 19.7 Å². The van der Waals surface area contributed by atoms with Crippen LogP contribution in [-0.2, 0) is 14.3 Å². The van der Waals surface area contributed by atoms with Crippen molar-refractivity contribution < 1.29 is 23.5 Å². The molecule has 0 aliphatic carbocycles. The van der Waals surface area contributed by atoms with E-state index in [0.29, 0.717) is 19.4 Å². The minimum atomic E-state index is -0.812. The zero-order valence-corrected chi connectivity index (χ0v) is 15.4. The Balaban J connectivity index is 1.69. The summed E-state index contributed by atoms with van der Waals surface area (Å²) < 4.78 is 12.3. The first-order chi connectivity index (χ1) is 13.4. The zero-order valence-electron chi connectivity index (χ0n) is 15.4. The average molecular weight is 384 g/mol. The van der Waals surface area contributed by atoms with Gasteiger partial charge in [-0.2, -0.15) is 5.26 Å². The van der Waals surface area contributed by atoms with Gasteiger partial charge in [0.1, 0.15) is 23.0 Å². The fourth-order valence-electron chi connectivity index (χ4n) is 3.26. The Labute approximate surface area is 161 Å². The number of ether oxygens (including phenoxy) is 1. The fraction of sp³-hybridized carbons (Fsp3) is 0.368. The maximum Gasteiger partial charge on any atom is 0.343 e. The molecule has 1 saturated heterocycles. The van der Waals surface area contributed by atoms with Crippen molar-refractivity contribution in [2.45, 2.75) is 19.8 Å². The number of carbonyl (C=O) groups excluding carboxylic acids is 3. The van der Waals surface area contributed by atoms with Crippen LogP contribution in [0.25, 0.3) is 5.88 Å². The van der Waals surface area contributed by atoms with E-state index in [4.69, 9.17) is 14.9 Å².